The topological polar surface area (TPSA) is 52.0 Å². The maximum Gasteiger partial charge on any atom is 0.0394 e. The molecule has 0 bridgehead atoms. The van der Waals surface area contributed by atoms with Crippen LogP contribution in [0.2, 0.25) is 0 Å². The summed E-state index contributed by atoms with van der Waals surface area (Å²) in [5.74, 6) is 0. The summed E-state index contributed by atoms with van der Waals surface area (Å²) in [6.07, 6.45) is 0. The summed E-state index contributed by atoms with van der Waals surface area (Å²) in [7, 11) is 0. The highest BCUT2D eigenvalue weighted by molar-refractivity contribution is 6.02. The van der Waals surface area contributed by atoms with Gasteiger partial charge in [0.15, 0.2) is 0 Å². The third-order valence-corrected chi connectivity index (χ3v) is 3.18. The molecule has 0 spiro atoms. The minimum Gasteiger partial charge on any atom is -0.399 e. The highest BCUT2D eigenvalue weighted by atomic mass is 14.6. The Hall–Kier alpha value is -2.48. The summed E-state index contributed by atoms with van der Waals surface area (Å²) < 4.78 is 0. The van der Waals surface area contributed by atoms with Crippen molar-refractivity contribution in [2.24, 2.45) is 0 Å². The van der Waals surface area contributed by atoms with Gasteiger partial charge in [-0.25, -0.2) is 0 Å². The second-order valence-corrected chi connectivity index (χ2v) is 4.37. The van der Waals surface area contributed by atoms with Crippen LogP contribution in [0.1, 0.15) is 0 Å². The van der Waals surface area contributed by atoms with E-state index in [1.54, 1.807) is 0 Å². The maximum atomic E-state index is 6.01. The van der Waals surface area contributed by atoms with Gasteiger partial charge in [-0.1, -0.05) is 42.5 Å². The van der Waals surface area contributed by atoms with Crippen molar-refractivity contribution in [3.63, 3.8) is 0 Å². The fraction of sp³-hybridized carbons (Fsp3) is 0. The molecular formula is C16H14N2. The highest BCUT2D eigenvalue weighted by Crippen LogP contribution is 2.32. The molecular weight excluding hydrogens is 220 g/mol. The van der Waals surface area contributed by atoms with Crippen molar-refractivity contribution in [3.05, 3.63) is 60.7 Å². The Morgan fingerprint density at radius 2 is 1.28 bits per heavy atom. The van der Waals surface area contributed by atoms with Gasteiger partial charge in [0.05, 0.1) is 0 Å². The Bertz CT molecular complexity index is 700. The van der Waals surface area contributed by atoms with Gasteiger partial charge in [-0.2, -0.15) is 0 Å². The molecule has 0 aliphatic heterocycles. The predicted octanol–water partition coefficient (Wildman–Crippen LogP) is 3.67. The molecule has 0 saturated carbocycles. The zero-order valence-corrected chi connectivity index (χ0v) is 9.93. The first-order valence-corrected chi connectivity index (χ1v) is 5.89. The molecule has 0 saturated heterocycles. The van der Waals surface area contributed by atoms with E-state index in [0.717, 1.165) is 22.3 Å². The summed E-state index contributed by atoms with van der Waals surface area (Å²) in [4.78, 5) is 0. The smallest absolute Gasteiger partial charge is 0.0394 e. The van der Waals surface area contributed by atoms with Crippen LogP contribution in [0, 0.1) is 0 Å². The fourth-order valence-corrected chi connectivity index (χ4v) is 2.24. The van der Waals surface area contributed by atoms with Crippen molar-refractivity contribution < 1.29 is 0 Å². The molecule has 0 aromatic heterocycles. The van der Waals surface area contributed by atoms with Crippen molar-refractivity contribution in [1.29, 1.82) is 0 Å². The van der Waals surface area contributed by atoms with Gasteiger partial charge in [-0.05, 0) is 34.7 Å². The molecule has 3 aromatic carbocycles. The maximum absolute atomic E-state index is 6.01. The lowest BCUT2D eigenvalue weighted by Gasteiger charge is -2.09. The fourth-order valence-electron chi connectivity index (χ4n) is 2.24. The number of nitrogen functional groups attached to an aromatic ring is 2. The summed E-state index contributed by atoms with van der Waals surface area (Å²) in [6.45, 7) is 0. The Balaban J connectivity index is 2.30. The molecule has 0 amide bonds. The third-order valence-electron chi connectivity index (χ3n) is 3.18. The molecule has 4 N–H and O–H groups in total. The zero-order chi connectivity index (χ0) is 12.5. The van der Waals surface area contributed by atoms with E-state index in [0.29, 0.717) is 0 Å². The van der Waals surface area contributed by atoms with E-state index in [2.05, 4.69) is 12.1 Å². The quantitative estimate of drug-likeness (QED) is 0.631. The standard InChI is InChI=1S/C16H14N2/c17-12-7-5-11(6-8-12)13-9-10-16(18)15-4-2-1-3-14(13)15/h1-10H,17-18H2. The zero-order valence-electron chi connectivity index (χ0n) is 9.93. The van der Waals surface area contributed by atoms with Crippen LogP contribution in [0.25, 0.3) is 21.9 Å². The van der Waals surface area contributed by atoms with Gasteiger partial charge >= 0.3 is 0 Å². The largest absolute Gasteiger partial charge is 0.399 e. The lowest BCUT2D eigenvalue weighted by atomic mass is 9.97. The van der Waals surface area contributed by atoms with Crippen LogP contribution in [0.15, 0.2) is 60.7 Å². The minimum absolute atomic E-state index is 0.776. The van der Waals surface area contributed by atoms with Crippen LogP contribution in [0.5, 0.6) is 0 Å². The average molecular weight is 234 g/mol. The summed E-state index contributed by atoms with van der Waals surface area (Å²) in [5, 5.41) is 2.26. The second-order valence-electron chi connectivity index (χ2n) is 4.37. The van der Waals surface area contributed by atoms with Crippen molar-refractivity contribution in [2.75, 3.05) is 11.5 Å². The van der Waals surface area contributed by atoms with Gasteiger partial charge in [0, 0.05) is 16.8 Å². The predicted molar refractivity (Wildman–Crippen MR) is 78.2 cm³/mol. The summed E-state index contributed by atoms with van der Waals surface area (Å²) >= 11 is 0. The van der Waals surface area contributed by atoms with Crippen LogP contribution in [-0.4, -0.2) is 0 Å². The van der Waals surface area contributed by atoms with E-state index in [4.69, 9.17) is 11.5 Å². The van der Waals surface area contributed by atoms with Gasteiger partial charge in [0.1, 0.15) is 0 Å². The Kier molecular flexibility index (Phi) is 2.41. The van der Waals surface area contributed by atoms with E-state index in [-0.39, 0.29) is 0 Å². The van der Waals surface area contributed by atoms with Crippen LogP contribution in [0.4, 0.5) is 11.4 Å². The van der Waals surface area contributed by atoms with Crippen LogP contribution < -0.4 is 11.5 Å². The van der Waals surface area contributed by atoms with Gasteiger partial charge < -0.3 is 11.5 Å². The molecule has 0 radical (unpaired) electrons. The van der Waals surface area contributed by atoms with Crippen LogP contribution >= 0.6 is 0 Å². The van der Waals surface area contributed by atoms with E-state index in [9.17, 15) is 0 Å². The van der Waals surface area contributed by atoms with Crippen molar-refractivity contribution in [1.82, 2.24) is 0 Å². The molecule has 3 rings (SSSR count). The SMILES string of the molecule is Nc1ccc(-c2ccc(N)c3ccccc23)cc1. The van der Waals surface area contributed by atoms with E-state index in [1.807, 2.05) is 48.5 Å². The minimum atomic E-state index is 0.776. The van der Waals surface area contributed by atoms with Gasteiger partial charge in [0.25, 0.3) is 0 Å². The molecule has 0 unspecified atom stereocenters. The van der Waals surface area contributed by atoms with Crippen molar-refractivity contribution in [3.8, 4) is 11.1 Å². The molecule has 0 atom stereocenters. The van der Waals surface area contributed by atoms with Crippen molar-refractivity contribution >= 4 is 22.1 Å². The van der Waals surface area contributed by atoms with Crippen molar-refractivity contribution in [2.45, 2.75) is 0 Å². The molecule has 88 valence electrons. The number of fused-ring (bicyclic) bond motifs is 1. The van der Waals surface area contributed by atoms with Gasteiger partial charge in [-0.15, -0.1) is 0 Å². The highest BCUT2D eigenvalue weighted by Gasteiger charge is 2.05. The molecule has 3 aromatic rings. The number of hydrogen-bond acceptors (Lipinski definition) is 2. The molecule has 0 heterocycles. The lowest BCUT2D eigenvalue weighted by Crippen LogP contribution is -1.89. The Morgan fingerprint density at radius 1 is 0.611 bits per heavy atom. The summed E-state index contributed by atoms with van der Waals surface area (Å²) in [6, 6.07) is 20.1. The number of nitrogens with two attached hydrogens (primary N) is 2. The number of benzene rings is 3. The van der Waals surface area contributed by atoms with Gasteiger partial charge in [0.2, 0.25) is 0 Å². The van der Waals surface area contributed by atoms with Crippen LogP contribution in [0.3, 0.4) is 0 Å². The first-order valence-electron chi connectivity index (χ1n) is 5.89. The third kappa shape index (κ3) is 1.68. The molecule has 0 aliphatic rings. The normalized spacial score (nSPS) is 10.7. The average Bonchev–Trinajstić information content (AvgIpc) is 2.41. The molecule has 0 fully saturated rings. The van der Waals surface area contributed by atoms with Gasteiger partial charge in [-0.3, -0.25) is 0 Å². The lowest BCUT2D eigenvalue weighted by molar-refractivity contribution is 1.64. The van der Waals surface area contributed by atoms with E-state index >= 15 is 0 Å². The number of hydrogen-bond donors (Lipinski definition) is 2. The first-order chi connectivity index (χ1) is 8.75. The molecule has 2 nitrogen and oxygen atoms in total. The van der Waals surface area contributed by atoms with E-state index in [1.165, 1.54) is 10.9 Å². The molecule has 0 aliphatic carbocycles. The summed E-state index contributed by atoms with van der Waals surface area (Å²) in [5.41, 5.74) is 15.6. The first kappa shape index (κ1) is 10.7. The number of anilines is 2. The van der Waals surface area contributed by atoms with E-state index < -0.39 is 0 Å². The second kappa shape index (κ2) is 4.08. The Morgan fingerprint density at radius 3 is 2.00 bits per heavy atom. The Labute approximate surface area is 106 Å². The molecule has 18 heavy (non-hydrogen) atoms. The number of rotatable bonds is 1. The monoisotopic (exact) mass is 234 g/mol. The van der Waals surface area contributed by atoms with Crippen LogP contribution in [-0.2, 0) is 0 Å². The molecule has 2 heteroatoms.